The Morgan fingerprint density at radius 2 is 2.35 bits per heavy atom. The summed E-state index contributed by atoms with van der Waals surface area (Å²) in [5, 5.41) is 0. The number of hydrogen-bond acceptors (Lipinski definition) is 3. The van der Waals surface area contributed by atoms with E-state index >= 15 is 0 Å². The maximum absolute atomic E-state index is 5.84. The van der Waals surface area contributed by atoms with Gasteiger partial charge in [0, 0.05) is 12.3 Å². The van der Waals surface area contributed by atoms with Crippen LogP contribution in [0.3, 0.4) is 0 Å². The van der Waals surface area contributed by atoms with Gasteiger partial charge < -0.3 is 15.2 Å². The van der Waals surface area contributed by atoms with Crippen LogP contribution in [0.15, 0.2) is 24.3 Å². The highest BCUT2D eigenvalue weighted by Gasteiger charge is 2.15. The molecule has 1 aromatic rings. The molecule has 2 unspecified atom stereocenters. The zero-order valence-corrected chi connectivity index (χ0v) is 10.4. The summed E-state index contributed by atoms with van der Waals surface area (Å²) in [6.07, 6.45) is 3.89. The first-order chi connectivity index (χ1) is 8.25. The zero-order chi connectivity index (χ0) is 12.1. The molecule has 3 heteroatoms. The zero-order valence-electron chi connectivity index (χ0n) is 10.4. The summed E-state index contributed by atoms with van der Waals surface area (Å²) >= 11 is 0. The molecule has 0 amide bonds. The van der Waals surface area contributed by atoms with Crippen LogP contribution < -0.4 is 5.73 Å². The van der Waals surface area contributed by atoms with Crippen LogP contribution in [0, 0.1) is 0 Å². The molecule has 17 heavy (non-hydrogen) atoms. The van der Waals surface area contributed by atoms with Gasteiger partial charge in [0.1, 0.15) is 0 Å². The highest BCUT2D eigenvalue weighted by Crippen LogP contribution is 2.21. The van der Waals surface area contributed by atoms with Crippen LogP contribution in [0.1, 0.15) is 37.9 Å². The van der Waals surface area contributed by atoms with Gasteiger partial charge in [-0.25, -0.2) is 0 Å². The third-order valence-corrected chi connectivity index (χ3v) is 3.19. The second-order valence-electron chi connectivity index (χ2n) is 4.63. The van der Waals surface area contributed by atoms with E-state index in [1.807, 2.05) is 24.3 Å². The molecule has 1 aliphatic rings. The summed E-state index contributed by atoms with van der Waals surface area (Å²) in [4.78, 5) is 0. The van der Waals surface area contributed by atoms with Crippen LogP contribution in [0.2, 0.25) is 0 Å². The lowest BCUT2D eigenvalue weighted by Gasteiger charge is -2.24. The predicted molar refractivity (Wildman–Crippen MR) is 68.8 cm³/mol. The lowest BCUT2D eigenvalue weighted by Crippen LogP contribution is -2.25. The second-order valence-corrected chi connectivity index (χ2v) is 4.63. The third kappa shape index (κ3) is 3.72. The quantitative estimate of drug-likeness (QED) is 0.816. The molecule has 0 bridgehead atoms. The number of hydrogen-bond donors (Lipinski definition) is 1. The minimum absolute atomic E-state index is 0.0732. The van der Waals surface area contributed by atoms with E-state index < -0.39 is 0 Å². The van der Waals surface area contributed by atoms with Crippen molar-refractivity contribution in [1.29, 1.82) is 0 Å². The standard InChI is InChI=1S/C14H21NO2/c1-11(12-5-4-6-13(15)9-12)17-10-14-7-2-3-8-16-14/h4-6,9,11,14H,2-3,7-8,10,15H2,1H3. The Kier molecular flexibility index (Phi) is 4.40. The van der Waals surface area contributed by atoms with Crippen molar-refractivity contribution < 1.29 is 9.47 Å². The van der Waals surface area contributed by atoms with Crippen molar-refractivity contribution >= 4 is 5.69 Å². The monoisotopic (exact) mass is 235 g/mol. The molecule has 94 valence electrons. The fourth-order valence-corrected chi connectivity index (χ4v) is 2.10. The fourth-order valence-electron chi connectivity index (χ4n) is 2.10. The lowest BCUT2D eigenvalue weighted by atomic mass is 10.1. The summed E-state index contributed by atoms with van der Waals surface area (Å²) in [6.45, 7) is 3.61. The van der Waals surface area contributed by atoms with Crippen molar-refractivity contribution in [2.45, 2.75) is 38.4 Å². The van der Waals surface area contributed by atoms with E-state index in [1.165, 1.54) is 12.8 Å². The number of benzene rings is 1. The Labute approximate surface area is 103 Å². The highest BCUT2D eigenvalue weighted by atomic mass is 16.5. The molecule has 0 saturated carbocycles. The second kappa shape index (κ2) is 6.03. The van der Waals surface area contributed by atoms with Gasteiger partial charge in [0.05, 0.1) is 18.8 Å². The Balaban J connectivity index is 1.82. The molecule has 0 radical (unpaired) electrons. The summed E-state index contributed by atoms with van der Waals surface area (Å²) in [7, 11) is 0. The maximum atomic E-state index is 5.84. The number of nitrogens with two attached hydrogens (primary N) is 1. The molecule has 3 nitrogen and oxygen atoms in total. The average molecular weight is 235 g/mol. The molecular formula is C14H21NO2. The van der Waals surface area contributed by atoms with Crippen molar-refractivity contribution in [1.82, 2.24) is 0 Å². The molecule has 1 heterocycles. The van der Waals surface area contributed by atoms with Crippen LogP contribution in [0.4, 0.5) is 5.69 Å². The van der Waals surface area contributed by atoms with E-state index in [0.29, 0.717) is 6.61 Å². The average Bonchev–Trinajstić information content (AvgIpc) is 2.37. The van der Waals surface area contributed by atoms with Gasteiger partial charge in [0.2, 0.25) is 0 Å². The van der Waals surface area contributed by atoms with E-state index in [9.17, 15) is 0 Å². The minimum atomic E-state index is 0.0732. The van der Waals surface area contributed by atoms with Crippen LogP contribution in [-0.4, -0.2) is 19.3 Å². The van der Waals surface area contributed by atoms with Gasteiger partial charge in [-0.05, 0) is 43.9 Å². The molecule has 0 aliphatic carbocycles. The van der Waals surface area contributed by atoms with Gasteiger partial charge in [-0.3, -0.25) is 0 Å². The van der Waals surface area contributed by atoms with E-state index in [4.69, 9.17) is 15.2 Å². The van der Waals surface area contributed by atoms with Gasteiger partial charge in [-0.2, -0.15) is 0 Å². The number of anilines is 1. The summed E-state index contributed by atoms with van der Waals surface area (Å²) < 4.78 is 11.5. The Bertz CT molecular complexity index is 348. The molecule has 1 aromatic carbocycles. The first-order valence-corrected chi connectivity index (χ1v) is 6.34. The van der Waals surface area contributed by atoms with Gasteiger partial charge in [-0.15, -0.1) is 0 Å². The first-order valence-electron chi connectivity index (χ1n) is 6.34. The van der Waals surface area contributed by atoms with Crippen molar-refractivity contribution in [3.63, 3.8) is 0 Å². The highest BCUT2D eigenvalue weighted by molar-refractivity contribution is 5.41. The van der Waals surface area contributed by atoms with Gasteiger partial charge in [0.25, 0.3) is 0 Å². The van der Waals surface area contributed by atoms with Crippen molar-refractivity contribution in [3.05, 3.63) is 29.8 Å². The summed E-state index contributed by atoms with van der Waals surface area (Å²) in [5.74, 6) is 0. The number of ether oxygens (including phenoxy) is 2. The maximum Gasteiger partial charge on any atom is 0.0808 e. The van der Waals surface area contributed by atoms with Gasteiger partial charge >= 0.3 is 0 Å². The molecule has 1 fully saturated rings. The Morgan fingerprint density at radius 1 is 1.47 bits per heavy atom. The smallest absolute Gasteiger partial charge is 0.0808 e. The molecule has 2 rings (SSSR count). The normalized spacial score (nSPS) is 22.3. The third-order valence-electron chi connectivity index (χ3n) is 3.19. The van der Waals surface area contributed by atoms with E-state index in [2.05, 4.69) is 6.92 Å². The van der Waals surface area contributed by atoms with E-state index in [1.54, 1.807) is 0 Å². The molecular weight excluding hydrogens is 214 g/mol. The van der Waals surface area contributed by atoms with Crippen LogP contribution in [-0.2, 0) is 9.47 Å². The SMILES string of the molecule is CC(OCC1CCCCO1)c1cccc(N)c1. The molecule has 0 spiro atoms. The van der Waals surface area contributed by atoms with Crippen LogP contribution >= 0.6 is 0 Å². The molecule has 1 saturated heterocycles. The van der Waals surface area contributed by atoms with Crippen molar-refractivity contribution in [2.75, 3.05) is 18.9 Å². The fraction of sp³-hybridized carbons (Fsp3) is 0.571. The number of rotatable bonds is 4. The molecule has 2 atom stereocenters. The Hall–Kier alpha value is -1.06. The van der Waals surface area contributed by atoms with E-state index in [0.717, 1.165) is 24.3 Å². The van der Waals surface area contributed by atoms with Crippen molar-refractivity contribution in [3.8, 4) is 0 Å². The first kappa shape index (κ1) is 12.4. The summed E-state index contributed by atoms with van der Waals surface area (Å²) in [5.41, 5.74) is 7.66. The van der Waals surface area contributed by atoms with Gasteiger partial charge in [-0.1, -0.05) is 12.1 Å². The number of nitrogen functional groups attached to an aromatic ring is 1. The van der Waals surface area contributed by atoms with Crippen LogP contribution in [0.25, 0.3) is 0 Å². The molecule has 1 aliphatic heterocycles. The largest absolute Gasteiger partial charge is 0.399 e. The van der Waals surface area contributed by atoms with Gasteiger partial charge in [0.15, 0.2) is 0 Å². The van der Waals surface area contributed by atoms with Crippen LogP contribution in [0.5, 0.6) is 0 Å². The summed E-state index contributed by atoms with van der Waals surface area (Å²) in [6, 6.07) is 7.86. The molecule has 2 N–H and O–H groups in total. The predicted octanol–water partition coefficient (Wildman–Crippen LogP) is 2.92. The van der Waals surface area contributed by atoms with E-state index in [-0.39, 0.29) is 12.2 Å². The lowest BCUT2D eigenvalue weighted by molar-refractivity contribution is -0.0598. The topological polar surface area (TPSA) is 44.5 Å². The minimum Gasteiger partial charge on any atom is -0.399 e. The molecule has 0 aromatic heterocycles. The Morgan fingerprint density at radius 3 is 3.06 bits per heavy atom. The van der Waals surface area contributed by atoms with Crippen molar-refractivity contribution in [2.24, 2.45) is 0 Å².